The summed E-state index contributed by atoms with van der Waals surface area (Å²) in [6.45, 7) is 4.37. The summed E-state index contributed by atoms with van der Waals surface area (Å²) in [5, 5.41) is 9.43. The second-order valence-corrected chi connectivity index (χ2v) is 5.86. The quantitative estimate of drug-likeness (QED) is 0.924. The normalized spacial score (nSPS) is 21.9. The number of aromatic nitrogens is 2. The van der Waals surface area contributed by atoms with Gasteiger partial charge in [-0.25, -0.2) is 9.78 Å². The van der Waals surface area contributed by atoms with E-state index >= 15 is 0 Å². The van der Waals surface area contributed by atoms with Crippen LogP contribution in [0.4, 0.5) is 0 Å². The van der Waals surface area contributed by atoms with Crippen LogP contribution < -0.4 is 0 Å². The lowest BCUT2D eigenvalue weighted by Gasteiger charge is -2.35. The molecule has 4 nitrogen and oxygen atoms in total. The van der Waals surface area contributed by atoms with Gasteiger partial charge in [0.1, 0.15) is 5.82 Å². The highest BCUT2D eigenvalue weighted by Crippen LogP contribution is 2.40. The van der Waals surface area contributed by atoms with Gasteiger partial charge in [0.2, 0.25) is 0 Å². The van der Waals surface area contributed by atoms with E-state index in [0.29, 0.717) is 11.6 Å². The molecule has 3 rings (SSSR count). The first-order valence-corrected chi connectivity index (χ1v) is 7.35. The predicted octanol–water partition coefficient (Wildman–Crippen LogP) is 3.66. The molecule has 0 bridgehead atoms. The minimum absolute atomic E-state index is 0.372. The first kappa shape index (κ1) is 13.2. The van der Waals surface area contributed by atoms with Gasteiger partial charge in [0, 0.05) is 12.5 Å². The molecule has 0 amide bonds. The number of aromatic carboxylic acids is 1. The van der Waals surface area contributed by atoms with Crippen LogP contribution >= 0.6 is 0 Å². The third-order valence-corrected chi connectivity index (χ3v) is 4.20. The Morgan fingerprint density at radius 1 is 1.45 bits per heavy atom. The van der Waals surface area contributed by atoms with Crippen LogP contribution in [0, 0.1) is 5.92 Å². The standard InChI is InChI=1S/C16H20N2O2/c1-3-5-14-17-13-7-4-6-12(16(19)20)15(13)18(14)11-8-10(2)9-11/h4,6-7,10-11H,3,5,8-9H2,1-2H3,(H,19,20). The smallest absolute Gasteiger partial charge is 0.337 e. The molecule has 1 aliphatic carbocycles. The van der Waals surface area contributed by atoms with Crippen LogP contribution in [0.5, 0.6) is 0 Å². The van der Waals surface area contributed by atoms with Crippen LogP contribution in [0.15, 0.2) is 18.2 Å². The molecule has 1 N–H and O–H groups in total. The van der Waals surface area contributed by atoms with E-state index in [1.807, 2.05) is 6.07 Å². The van der Waals surface area contributed by atoms with Crippen LogP contribution in [0.3, 0.4) is 0 Å². The Morgan fingerprint density at radius 2 is 2.20 bits per heavy atom. The molecule has 1 aromatic heterocycles. The number of carboxylic acids is 1. The van der Waals surface area contributed by atoms with E-state index in [-0.39, 0.29) is 0 Å². The SMILES string of the molecule is CCCc1nc2cccc(C(=O)O)c2n1C1CC(C)C1. The molecule has 2 aromatic rings. The Kier molecular flexibility index (Phi) is 3.24. The second kappa shape index (κ2) is 4.93. The zero-order valence-corrected chi connectivity index (χ0v) is 12.0. The third-order valence-electron chi connectivity index (χ3n) is 4.20. The fraction of sp³-hybridized carbons (Fsp3) is 0.500. The lowest BCUT2D eigenvalue weighted by atomic mass is 9.81. The molecule has 1 aliphatic rings. The molecular weight excluding hydrogens is 252 g/mol. The Bertz CT molecular complexity index is 654. The van der Waals surface area contributed by atoms with Crippen molar-refractivity contribution in [1.29, 1.82) is 0 Å². The summed E-state index contributed by atoms with van der Waals surface area (Å²) >= 11 is 0. The summed E-state index contributed by atoms with van der Waals surface area (Å²) in [5.74, 6) is 0.893. The number of nitrogens with zero attached hydrogens (tertiary/aromatic N) is 2. The molecule has 0 aliphatic heterocycles. The summed E-state index contributed by atoms with van der Waals surface area (Å²) in [4.78, 5) is 16.2. The first-order chi connectivity index (χ1) is 9.61. The predicted molar refractivity (Wildman–Crippen MR) is 78.1 cm³/mol. The number of fused-ring (bicyclic) bond motifs is 1. The van der Waals surface area contributed by atoms with E-state index in [2.05, 4.69) is 23.4 Å². The number of imidazole rings is 1. The molecule has 1 fully saturated rings. The molecule has 0 saturated heterocycles. The van der Waals surface area contributed by atoms with E-state index in [0.717, 1.165) is 48.5 Å². The van der Waals surface area contributed by atoms with Crippen molar-refractivity contribution in [2.75, 3.05) is 0 Å². The molecule has 0 spiro atoms. The second-order valence-electron chi connectivity index (χ2n) is 5.86. The van der Waals surface area contributed by atoms with Gasteiger partial charge in [-0.05, 0) is 37.3 Å². The number of carbonyl (C=O) groups is 1. The molecular formula is C16H20N2O2. The van der Waals surface area contributed by atoms with E-state index in [1.54, 1.807) is 12.1 Å². The van der Waals surface area contributed by atoms with Crippen molar-refractivity contribution >= 4 is 17.0 Å². The van der Waals surface area contributed by atoms with Gasteiger partial charge in [-0.15, -0.1) is 0 Å². The Labute approximate surface area is 118 Å². The highest BCUT2D eigenvalue weighted by Gasteiger charge is 2.31. The maximum atomic E-state index is 11.5. The third kappa shape index (κ3) is 1.99. The Balaban J connectivity index is 2.21. The average molecular weight is 272 g/mol. The van der Waals surface area contributed by atoms with Crippen molar-refractivity contribution in [3.05, 3.63) is 29.6 Å². The maximum Gasteiger partial charge on any atom is 0.337 e. The number of aryl methyl sites for hydroxylation is 1. The lowest BCUT2D eigenvalue weighted by Crippen LogP contribution is -2.26. The Morgan fingerprint density at radius 3 is 2.80 bits per heavy atom. The fourth-order valence-electron chi connectivity index (χ4n) is 3.23. The highest BCUT2D eigenvalue weighted by molar-refractivity contribution is 6.01. The summed E-state index contributed by atoms with van der Waals surface area (Å²) in [6.07, 6.45) is 4.17. The van der Waals surface area contributed by atoms with Gasteiger partial charge in [0.15, 0.2) is 0 Å². The number of carboxylic acid groups (broad SMARTS) is 1. The van der Waals surface area contributed by atoms with E-state index in [4.69, 9.17) is 0 Å². The summed E-state index contributed by atoms with van der Waals surface area (Å²) < 4.78 is 2.20. The summed E-state index contributed by atoms with van der Waals surface area (Å²) in [7, 11) is 0. The van der Waals surface area contributed by atoms with Crippen molar-refractivity contribution in [2.45, 2.75) is 45.6 Å². The fourth-order valence-corrected chi connectivity index (χ4v) is 3.23. The minimum atomic E-state index is -0.868. The van der Waals surface area contributed by atoms with Crippen LogP contribution in [-0.4, -0.2) is 20.6 Å². The van der Waals surface area contributed by atoms with E-state index in [1.165, 1.54) is 0 Å². The number of para-hydroxylation sites is 1. The zero-order chi connectivity index (χ0) is 14.3. The van der Waals surface area contributed by atoms with Gasteiger partial charge in [0.25, 0.3) is 0 Å². The molecule has 20 heavy (non-hydrogen) atoms. The lowest BCUT2D eigenvalue weighted by molar-refractivity contribution is 0.0698. The van der Waals surface area contributed by atoms with Crippen molar-refractivity contribution in [1.82, 2.24) is 9.55 Å². The number of hydrogen-bond acceptors (Lipinski definition) is 2. The van der Waals surface area contributed by atoms with Gasteiger partial charge < -0.3 is 9.67 Å². The van der Waals surface area contributed by atoms with Crippen molar-refractivity contribution in [2.24, 2.45) is 5.92 Å². The van der Waals surface area contributed by atoms with Gasteiger partial charge in [0.05, 0.1) is 16.6 Å². The van der Waals surface area contributed by atoms with E-state index in [9.17, 15) is 9.90 Å². The van der Waals surface area contributed by atoms with Crippen LogP contribution in [0.2, 0.25) is 0 Å². The molecule has 4 heteroatoms. The first-order valence-electron chi connectivity index (χ1n) is 7.35. The molecule has 0 atom stereocenters. The van der Waals surface area contributed by atoms with Crippen LogP contribution in [0.25, 0.3) is 11.0 Å². The largest absolute Gasteiger partial charge is 0.478 e. The highest BCUT2D eigenvalue weighted by atomic mass is 16.4. The van der Waals surface area contributed by atoms with Crippen molar-refractivity contribution in [3.8, 4) is 0 Å². The number of benzene rings is 1. The van der Waals surface area contributed by atoms with Gasteiger partial charge in [-0.3, -0.25) is 0 Å². The Hall–Kier alpha value is -1.84. The minimum Gasteiger partial charge on any atom is -0.478 e. The molecule has 106 valence electrons. The maximum absolute atomic E-state index is 11.5. The molecule has 1 saturated carbocycles. The zero-order valence-electron chi connectivity index (χ0n) is 12.0. The van der Waals surface area contributed by atoms with Crippen molar-refractivity contribution in [3.63, 3.8) is 0 Å². The monoisotopic (exact) mass is 272 g/mol. The molecule has 0 unspecified atom stereocenters. The van der Waals surface area contributed by atoms with Gasteiger partial charge >= 0.3 is 5.97 Å². The van der Waals surface area contributed by atoms with Crippen LogP contribution in [0.1, 0.15) is 55.3 Å². The van der Waals surface area contributed by atoms with Crippen molar-refractivity contribution < 1.29 is 9.90 Å². The van der Waals surface area contributed by atoms with E-state index < -0.39 is 5.97 Å². The summed E-state index contributed by atoms with van der Waals surface area (Å²) in [6, 6.07) is 5.79. The average Bonchev–Trinajstić information content (AvgIpc) is 2.73. The van der Waals surface area contributed by atoms with Gasteiger partial charge in [-0.1, -0.05) is 19.9 Å². The number of hydrogen-bond donors (Lipinski definition) is 1. The van der Waals surface area contributed by atoms with Crippen LogP contribution in [-0.2, 0) is 6.42 Å². The summed E-state index contributed by atoms with van der Waals surface area (Å²) in [5.41, 5.74) is 1.99. The number of rotatable bonds is 4. The topological polar surface area (TPSA) is 55.1 Å². The molecule has 1 aromatic carbocycles. The molecule has 1 heterocycles. The molecule has 0 radical (unpaired) electrons. The van der Waals surface area contributed by atoms with Gasteiger partial charge in [-0.2, -0.15) is 0 Å².